The molecule has 0 aliphatic rings. The molecule has 0 aliphatic carbocycles. The first-order valence-corrected chi connectivity index (χ1v) is 6.88. The minimum Gasteiger partial charge on any atom is -0.493 e. The van der Waals surface area contributed by atoms with E-state index in [0.717, 1.165) is 0 Å². The van der Waals surface area contributed by atoms with Gasteiger partial charge in [0.1, 0.15) is 23.2 Å². The van der Waals surface area contributed by atoms with Crippen LogP contribution in [0.5, 0.6) is 5.75 Å². The number of rotatable bonds is 6. The Labute approximate surface area is 128 Å². The SMILES string of the molecule is CCOc1ccccc1/C=C(\C#N)C(=O)NCc1ccco1. The van der Waals surface area contributed by atoms with Gasteiger partial charge in [-0.1, -0.05) is 18.2 Å². The molecular weight excluding hydrogens is 280 g/mol. The molecule has 1 N–H and O–H groups in total. The molecule has 5 heteroatoms. The number of hydrogen-bond acceptors (Lipinski definition) is 4. The van der Waals surface area contributed by atoms with Crippen molar-refractivity contribution in [3.8, 4) is 11.8 Å². The highest BCUT2D eigenvalue weighted by molar-refractivity contribution is 6.01. The van der Waals surface area contributed by atoms with Gasteiger partial charge in [-0.15, -0.1) is 0 Å². The molecule has 0 bridgehead atoms. The summed E-state index contributed by atoms with van der Waals surface area (Å²) >= 11 is 0. The van der Waals surface area contributed by atoms with Crippen LogP contribution in [-0.4, -0.2) is 12.5 Å². The third kappa shape index (κ3) is 4.00. The molecule has 0 saturated heterocycles. The summed E-state index contributed by atoms with van der Waals surface area (Å²) in [5.41, 5.74) is 0.702. The molecule has 1 aromatic heterocycles. The van der Waals surface area contributed by atoms with Crippen molar-refractivity contribution in [1.82, 2.24) is 5.32 Å². The quantitative estimate of drug-likeness (QED) is 0.657. The molecule has 1 heterocycles. The zero-order valence-corrected chi connectivity index (χ0v) is 12.2. The van der Waals surface area contributed by atoms with Gasteiger partial charge in [-0.05, 0) is 31.2 Å². The maximum absolute atomic E-state index is 12.1. The van der Waals surface area contributed by atoms with Crippen LogP contribution in [0.15, 0.2) is 52.7 Å². The van der Waals surface area contributed by atoms with Gasteiger partial charge in [-0.25, -0.2) is 0 Å². The van der Waals surface area contributed by atoms with Crippen molar-refractivity contribution in [1.29, 1.82) is 5.26 Å². The Morgan fingerprint density at radius 1 is 1.36 bits per heavy atom. The number of ether oxygens (including phenoxy) is 1. The number of benzene rings is 1. The summed E-state index contributed by atoms with van der Waals surface area (Å²) in [6, 6.07) is 12.7. The van der Waals surface area contributed by atoms with Crippen molar-refractivity contribution in [3.63, 3.8) is 0 Å². The summed E-state index contributed by atoms with van der Waals surface area (Å²) in [4.78, 5) is 12.1. The number of hydrogen-bond donors (Lipinski definition) is 1. The Morgan fingerprint density at radius 2 is 2.18 bits per heavy atom. The van der Waals surface area contributed by atoms with Gasteiger partial charge in [0, 0.05) is 5.56 Å². The first-order chi connectivity index (χ1) is 10.7. The summed E-state index contributed by atoms with van der Waals surface area (Å²) in [7, 11) is 0. The molecule has 22 heavy (non-hydrogen) atoms. The predicted octanol–water partition coefficient (Wildman–Crippen LogP) is 2.90. The number of carbonyl (C=O) groups excluding carboxylic acids is 1. The van der Waals surface area contributed by atoms with E-state index in [-0.39, 0.29) is 12.1 Å². The largest absolute Gasteiger partial charge is 0.493 e. The summed E-state index contributed by atoms with van der Waals surface area (Å²) in [5.74, 6) is 0.808. The molecule has 0 saturated carbocycles. The monoisotopic (exact) mass is 296 g/mol. The van der Waals surface area contributed by atoms with Crippen molar-refractivity contribution < 1.29 is 13.9 Å². The molecule has 0 fully saturated rings. The van der Waals surface area contributed by atoms with Crippen molar-refractivity contribution in [2.45, 2.75) is 13.5 Å². The van der Waals surface area contributed by atoms with E-state index in [1.165, 1.54) is 12.3 Å². The molecule has 5 nitrogen and oxygen atoms in total. The van der Waals surface area contributed by atoms with Crippen LogP contribution < -0.4 is 10.1 Å². The van der Waals surface area contributed by atoms with Crippen LogP contribution in [-0.2, 0) is 11.3 Å². The lowest BCUT2D eigenvalue weighted by molar-refractivity contribution is -0.117. The van der Waals surface area contributed by atoms with Crippen molar-refractivity contribution in [2.24, 2.45) is 0 Å². The molecule has 0 aliphatic heterocycles. The molecule has 0 unspecified atom stereocenters. The normalized spacial score (nSPS) is 10.8. The fourth-order valence-electron chi connectivity index (χ4n) is 1.87. The Balaban J connectivity index is 2.13. The van der Waals surface area contributed by atoms with Crippen molar-refractivity contribution in [3.05, 3.63) is 59.6 Å². The van der Waals surface area contributed by atoms with E-state index < -0.39 is 5.91 Å². The lowest BCUT2D eigenvalue weighted by atomic mass is 10.1. The van der Waals surface area contributed by atoms with Crippen molar-refractivity contribution in [2.75, 3.05) is 6.61 Å². The highest BCUT2D eigenvalue weighted by atomic mass is 16.5. The van der Waals surface area contributed by atoms with Gasteiger partial charge < -0.3 is 14.5 Å². The summed E-state index contributed by atoms with van der Waals surface area (Å²) in [6.07, 6.45) is 3.04. The van der Waals surface area contributed by atoms with Gasteiger partial charge in [0.15, 0.2) is 0 Å². The van der Waals surface area contributed by atoms with E-state index in [1.807, 2.05) is 25.1 Å². The molecular formula is C17H16N2O3. The molecule has 1 aromatic carbocycles. The molecule has 0 radical (unpaired) electrons. The highest BCUT2D eigenvalue weighted by Crippen LogP contribution is 2.21. The number of carbonyl (C=O) groups is 1. The minimum absolute atomic E-state index is 0.0127. The molecule has 0 spiro atoms. The minimum atomic E-state index is -0.454. The van der Waals surface area contributed by atoms with Crippen LogP contribution in [0.3, 0.4) is 0 Å². The van der Waals surface area contributed by atoms with E-state index >= 15 is 0 Å². The third-order valence-electron chi connectivity index (χ3n) is 2.89. The molecule has 2 aromatic rings. The van der Waals surface area contributed by atoms with Crippen LogP contribution in [0, 0.1) is 11.3 Å². The number of para-hydroxylation sites is 1. The fourth-order valence-corrected chi connectivity index (χ4v) is 1.87. The average molecular weight is 296 g/mol. The third-order valence-corrected chi connectivity index (χ3v) is 2.89. The second-order valence-electron chi connectivity index (χ2n) is 4.40. The second kappa shape index (κ2) is 7.70. The molecule has 1 amide bonds. The summed E-state index contributed by atoms with van der Waals surface area (Å²) in [6.45, 7) is 2.62. The lowest BCUT2D eigenvalue weighted by Crippen LogP contribution is -2.23. The van der Waals surface area contributed by atoms with Crippen LogP contribution in [0.2, 0.25) is 0 Å². The fraction of sp³-hybridized carbons (Fsp3) is 0.176. The van der Waals surface area contributed by atoms with Crippen LogP contribution >= 0.6 is 0 Å². The van der Waals surface area contributed by atoms with Crippen LogP contribution in [0.4, 0.5) is 0 Å². The number of furan rings is 1. The van der Waals surface area contributed by atoms with Gasteiger partial charge >= 0.3 is 0 Å². The van der Waals surface area contributed by atoms with E-state index in [4.69, 9.17) is 9.15 Å². The maximum Gasteiger partial charge on any atom is 0.262 e. The van der Waals surface area contributed by atoms with E-state index in [0.29, 0.717) is 23.7 Å². The summed E-state index contributed by atoms with van der Waals surface area (Å²) in [5, 5.41) is 11.8. The van der Waals surface area contributed by atoms with Crippen LogP contribution in [0.25, 0.3) is 6.08 Å². The number of nitrogens with one attached hydrogen (secondary N) is 1. The second-order valence-corrected chi connectivity index (χ2v) is 4.40. The zero-order chi connectivity index (χ0) is 15.8. The van der Waals surface area contributed by atoms with Crippen molar-refractivity contribution >= 4 is 12.0 Å². The summed E-state index contributed by atoms with van der Waals surface area (Å²) < 4.78 is 10.6. The number of amides is 1. The smallest absolute Gasteiger partial charge is 0.262 e. The van der Waals surface area contributed by atoms with Gasteiger partial charge in [-0.2, -0.15) is 5.26 Å². The molecule has 2 rings (SSSR count). The Morgan fingerprint density at radius 3 is 2.86 bits per heavy atom. The lowest BCUT2D eigenvalue weighted by Gasteiger charge is -2.07. The molecule has 112 valence electrons. The van der Waals surface area contributed by atoms with Gasteiger partial charge in [0.05, 0.1) is 19.4 Å². The first-order valence-electron chi connectivity index (χ1n) is 6.88. The predicted molar refractivity (Wildman–Crippen MR) is 81.8 cm³/mol. The zero-order valence-electron chi connectivity index (χ0n) is 12.2. The Hall–Kier alpha value is -3.00. The van der Waals surface area contributed by atoms with E-state index in [1.54, 1.807) is 24.3 Å². The van der Waals surface area contributed by atoms with E-state index in [2.05, 4.69) is 5.32 Å². The number of nitriles is 1. The first kappa shape index (κ1) is 15.4. The average Bonchev–Trinajstić information content (AvgIpc) is 3.05. The topological polar surface area (TPSA) is 75.3 Å². The Bertz CT molecular complexity index is 697. The van der Waals surface area contributed by atoms with Gasteiger partial charge in [-0.3, -0.25) is 4.79 Å². The Kier molecular flexibility index (Phi) is 5.38. The molecule has 0 atom stereocenters. The van der Waals surface area contributed by atoms with Crippen LogP contribution in [0.1, 0.15) is 18.2 Å². The van der Waals surface area contributed by atoms with Gasteiger partial charge in [0.25, 0.3) is 5.91 Å². The number of nitrogens with zero attached hydrogens (tertiary/aromatic N) is 1. The highest BCUT2D eigenvalue weighted by Gasteiger charge is 2.11. The standard InChI is InChI=1S/C17H16N2O3/c1-2-21-16-8-4-3-6-13(16)10-14(11-18)17(20)19-12-15-7-5-9-22-15/h3-10H,2,12H2,1H3,(H,19,20)/b14-10+. The van der Waals surface area contributed by atoms with E-state index in [9.17, 15) is 10.1 Å². The maximum atomic E-state index is 12.1. The van der Waals surface area contributed by atoms with Gasteiger partial charge in [0.2, 0.25) is 0 Å².